The van der Waals surface area contributed by atoms with Crippen molar-refractivity contribution < 1.29 is 4.42 Å². The number of aromatic nitrogens is 2. The van der Waals surface area contributed by atoms with E-state index in [1.54, 1.807) is 0 Å². The number of hydrogen-bond donors (Lipinski definition) is 1. The number of benzene rings is 1. The van der Waals surface area contributed by atoms with Crippen molar-refractivity contribution in [2.45, 2.75) is 19.9 Å². The van der Waals surface area contributed by atoms with Gasteiger partial charge in [0.1, 0.15) is 16.2 Å². The van der Waals surface area contributed by atoms with Crippen LogP contribution < -0.4 is 5.73 Å². The van der Waals surface area contributed by atoms with Gasteiger partial charge in [-0.3, -0.25) is 0 Å². The number of rotatable bonds is 2. The summed E-state index contributed by atoms with van der Waals surface area (Å²) in [7, 11) is 0. The fourth-order valence-corrected chi connectivity index (χ4v) is 2.49. The van der Waals surface area contributed by atoms with E-state index in [0.717, 1.165) is 27.4 Å². The Labute approximate surface area is 108 Å². The van der Waals surface area contributed by atoms with Gasteiger partial charge in [-0.1, -0.05) is 6.07 Å². The molecule has 0 aliphatic heterocycles. The Morgan fingerprint density at radius 1 is 1.33 bits per heavy atom. The zero-order valence-electron chi connectivity index (χ0n) is 10.2. The van der Waals surface area contributed by atoms with E-state index in [1.807, 2.05) is 37.4 Å². The lowest BCUT2D eigenvalue weighted by Crippen LogP contribution is -2.03. The molecule has 92 valence electrons. The maximum atomic E-state index is 5.80. The summed E-state index contributed by atoms with van der Waals surface area (Å²) in [5.74, 6) is 0.554. The van der Waals surface area contributed by atoms with Gasteiger partial charge in [-0.05, 0) is 31.5 Å². The highest BCUT2D eigenvalue weighted by molar-refractivity contribution is 7.10. The fraction of sp³-hybridized carbons (Fsp3) is 0.231. The van der Waals surface area contributed by atoms with Crippen molar-refractivity contribution >= 4 is 22.4 Å². The van der Waals surface area contributed by atoms with Crippen LogP contribution in [0.4, 0.5) is 0 Å². The van der Waals surface area contributed by atoms with E-state index in [9.17, 15) is 0 Å². The minimum Gasteiger partial charge on any atom is -0.435 e. The van der Waals surface area contributed by atoms with E-state index in [1.165, 1.54) is 11.3 Å². The molecule has 2 aromatic heterocycles. The van der Waals surface area contributed by atoms with E-state index in [4.69, 9.17) is 10.2 Å². The highest BCUT2D eigenvalue weighted by Crippen LogP contribution is 2.27. The van der Waals surface area contributed by atoms with Gasteiger partial charge in [0.25, 0.3) is 0 Å². The quantitative estimate of drug-likeness (QED) is 0.767. The number of fused-ring (bicyclic) bond motifs is 1. The van der Waals surface area contributed by atoms with Gasteiger partial charge in [0.05, 0.1) is 6.04 Å². The zero-order valence-corrected chi connectivity index (χ0v) is 11.0. The van der Waals surface area contributed by atoms with Gasteiger partial charge < -0.3 is 10.2 Å². The number of oxazole rings is 1. The summed E-state index contributed by atoms with van der Waals surface area (Å²) in [5.41, 5.74) is 9.35. The summed E-state index contributed by atoms with van der Waals surface area (Å²) >= 11 is 1.53. The van der Waals surface area contributed by atoms with Crippen molar-refractivity contribution in [2.24, 2.45) is 5.73 Å². The Bertz CT molecular complexity index is 699. The maximum absolute atomic E-state index is 5.80. The first-order valence-corrected chi connectivity index (χ1v) is 6.60. The molecule has 0 spiro atoms. The number of aryl methyl sites for hydroxylation is 1. The maximum Gasteiger partial charge on any atom is 0.247 e. The summed E-state index contributed by atoms with van der Waals surface area (Å²) in [4.78, 5) is 8.87. The number of nitrogens with two attached hydrogens (primary N) is 1. The van der Waals surface area contributed by atoms with Gasteiger partial charge in [-0.15, -0.1) is 11.3 Å². The molecule has 0 fully saturated rings. The Morgan fingerprint density at radius 3 is 2.89 bits per heavy atom. The standard InChI is InChI=1S/C13H13N3OS/c1-7-3-4-9-11(5-7)17-12(15-9)10-6-18-13(16-10)8(2)14/h3-6,8H,14H2,1-2H3. The molecular formula is C13H13N3OS. The van der Waals surface area contributed by atoms with Crippen molar-refractivity contribution in [3.8, 4) is 11.6 Å². The first-order valence-electron chi connectivity index (χ1n) is 5.72. The van der Waals surface area contributed by atoms with Crippen LogP contribution in [0.5, 0.6) is 0 Å². The monoisotopic (exact) mass is 259 g/mol. The van der Waals surface area contributed by atoms with Crippen molar-refractivity contribution in [3.63, 3.8) is 0 Å². The lowest BCUT2D eigenvalue weighted by molar-refractivity contribution is 0.616. The third-order valence-electron chi connectivity index (χ3n) is 2.67. The molecule has 0 aliphatic rings. The molecule has 0 amide bonds. The largest absolute Gasteiger partial charge is 0.435 e. The third kappa shape index (κ3) is 1.91. The molecule has 0 radical (unpaired) electrons. The van der Waals surface area contributed by atoms with Crippen LogP contribution in [-0.4, -0.2) is 9.97 Å². The van der Waals surface area contributed by atoms with Crippen LogP contribution in [0.2, 0.25) is 0 Å². The number of nitrogens with zero attached hydrogens (tertiary/aromatic N) is 2. The first kappa shape index (κ1) is 11.4. The van der Waals surface area contributed by atoms with Gasteiger partial charge in [0.2, 0.25) is 5.89 Å². The molecule has 2 N–H and O–H groups in total. The topological polar surface area (TPSA) is 64.9 Å². The molecular weight excluding hydrogens is 246 g/mol. The molecule has 4 nitrogen and oxygen atoms in total. The molecule has 3 aromatic rings. The van der Waals surface area contributed by atoms with E-state index in [0.29, 0.717) is 5.89 Å². The number of thiazole rings is 1. The van der Waals surface area contributed by atoms with Gasteiger partial charge in [-0.25, -0.2) is 9.97 Å². The molecule has 0 aliphatic carbocycles. The third-order valence-corrected chi connectivity index (χ3v) is 3.72. The summed E-state index contributed by atoms with van der Waals surface area (Å²) < 4.78 is 5.72. The van der Waals surface area contributed by atoms with Crippen LogP contribution in [0.25, 0.3) is 22.7 Å². The summed E-state index contributed by atoms with van der Waals surface area (Å²) in [6, 6.07) is 5.89. The Hall–Kier alpha value is -1.72. The van der Waals surface area contributed by atoms with Crippen molar-refractivity contribution in [3.05, 3.63) is 34.2 Å². The van der Waals surface area contributed by atoms with Crippen LogP contribution in [0.15, 0.2) is 28.0 Å². The van der Waals surface area contributed by atoms with Crippen molar-refractivity contribution in [1.82, 2.24) is 9.97 Å². The smallest absolute Gasteiger partial charge is 0.247 e. The molecule has 5 heteroatoms. The van der Waals surface area contributed by atoms with Crippen molar-refractivity contribution in [1.29, 1.82) is 0 Å². The van der Waals surface area contributed by atoms with Gasteiger partial charge >= 0.3 is 0 Å². The van der Waals surface area contributed by atoms with E-state index < -0.39 is 0 Å². The molecule has 2 heterocycles. The second-order valence-corrected chi connectivity index (χ2v) is 5.24. The Balaban J connectivity index is 2.07. The fourth-order valence-electron chi connectivity index (χ4n) is 1.74. The number of hydrogen-bond acceptors (Lipinski definition) is 5. The normalized spacial score (nSPS) is 13.1. The van der Waals surface area contributed by atoms with E-state index in [2.05, 4.69) is 9.97 Å². The summed E-state index contributed by atoms with van der Waals surface area (Å²) in [6.45, 7) is 3.94. The average Bonchev–Trinajstić information content (AvgIpc) is 2.93. The molecule has 1 unspecified atom stereocenters. The first-order chi connectivity index (χ1) is 8.63. The van der Waals surface area contributed by atoms with E-state index in [-0.39, 0.29) is 6.04 Å². The van der Waals surface area contributed by atoms with Crippen LogP contribution in [-0.2, 0) is 0 Å². The Kier molecular flexibility index (Phi) is 2.65. The summed E-state index contributed by atoms with van der Waals surface area (Å²) in [5, 5.41) is 2.82. The van der Waals surface area contributed by atoms with Crippen molar-refractivity contribution in [2.75, 3.05) is 0 Å². The minimum absolute atomic E-state index is 0.0598. The highest BCUT2D eigenvalue weighted by Gasteiger charge is 2.13. The second-order valence-electron chi connectivity index (χ2n) is 4.35. The lowest BCUT2D eigenvalue weighted by atomic mass is 10.2. The zero-order chi connectivity index (χ0) is 12.7. The van der Waals surface area contributed by atoms with Crippen LogP contribution in [0.1, 0.15) is 23.5 Å². The Morgan fingerprint density at radius 2 is 2.17 bits per heavy atom. The molecule has 0 saturated heterocycles. The highest BCUT2D eigenvalue weighted by atomic mass is 32.1. The van der Waals surface area contributed by atoms with Gasteiger partial charge in [0, 0.05) is 5.38 Å². The SMILES string of the molecule is Cc1ccc2nc(-c3csc(C(C)N)n3)oc2c1. The lowest BCUT2D eigenvalue weighted by Gasteiger charge is -1.95. The van der Waals surface area contributed by atoms with E-state index >= 15 is 0 Å². The van der Waals surface area contributed by atoms with Crippen LogP contribution in [0, 0.1) is 6.92 Å². The molecule has 0 saturated carbocycles. The molecule has 1 aromatic carbocycles. The second kappa shape index (κ2) is 4.19. The predicted octanol–water partition coefficient (Wildman–Crippen LogP) is 3.28. The molecule has 0 bridgehead atoms. The predicted molar refractivity (Wildman–Crippen MR) is 72.5 cm³/mol. The summed E-state index contributed by atoms with van der Waals surface area (Å²) in [6.07, 6.45) is 0. The average molecular weight is 259 g/mol. The van der Waals surface area contributed by atoms with Crippen LogP contribution in [0.3, 0.4) is 0 Å². The molecule has 3 rings (SSSR count). The molecule has 1 atom stereocenters. The van der Waals surface area contributed by atoms with Gasteiger partial charge in [0.15, 0.2) is 5.58 Å². The minimum atomic E-state index is -0.0598. The van der Waals surface area contributed by atoms with Gasteiger partial charge in [-0.2, -0.15) is 0 Å². The molecule has 18 heavy (non-hydrogen) atoms. The van der Waals surface area contributed by atoms with Crippen LogP contribution >= 0.6 is 11.3 Å².